The number of ether oxygens (including phenoxy) is 3. The second kappa shape index (κ2) is 8.66. The highest BCUT2D eigenvalue weighted by molar-refractivity contribution is 8.00. The van der Waals surface area contributed by atoms with Crippen LogP contribution in [0, 0.1) is 0 Å². The zero-order chi connectivity index (χ0) is 21.1. The lowest BCUT2D eigenvalue weighted by Gasteiger charge is -2.13. The van der Waals surface area contributed by atoms with Crippen molar-refractivity contribution in [1.29, 1.82) is 0 Å². The number of benzene rings is 2. The number of amides is 1. The molecule has 2 aromatic carbocycles. The summed E-state index contributed by atoms with van der Waals surface area (Å²) in [6, 6.07) is 13.0. The standard InChI is InChI=1S/C21H22N4O4S/c1-4-25-19(14-5-8-16(27-3)9-6-14)23-24-21(25)30-13(2)20(26)22-15-7-10-17-18(11-15)29-12-28-17/h5-11,13H,4,12H2,1-3H3,(H,22,26)/t13-/m1/s1. The van der Waals surface area contributed by atoms with Crippen LogP contribution in [0.1, 0.15) is 13.8 Å². The number of nitrogens with one attached hydrogen (secondary N) is 1. The van der Waals surface area contributed by atoms with Gasteiger partial charge < -0.3 is 24.1 Å². The topological polar surface area (TPSA) is 87.5 Å². The number of rotatable bonds is 7. The van der Waals surface area contributed by atoms with Gasteiger partial charge in [-0.2, -0.15) is 0 Å². The number of nitrogens with zero attached hydrogens (tertiary/aromatic N) is 3. The van der Waals surface area contributed by atoms with Crippen molar-refractivity contribution in [2.45, 2.75) is 30.8 Å². The first-order valence-corrected chi connectivity index (χ1v) is 10.4. The normalized spacial score (nSPS) is 13.2. The number of fused-ring (bicyclic) bond motifs is 1. The van der Waals surface area contributed by atoms with Crippen molar-refractivity contribution in [3.8, 4) is 28.6 Å². The molecule has 1 N–H and O–H groups in total. The fourth-order valence-corrected chi connectivity index (χ4v) is 3.96. The largest absolute Gasteiger partial charge is 0.497 e. The van der Waals surface area contributed by atoms with Gasteiger partial charge in [0.1, 0.15) is 5.75 Å². The van der Waals surface area contributed by atoms with E-state index in [1.807, 2.05) is 42.7 Å². The molecule has 0 fully saturated rings. The fraction of sp³-hybridized carbons (Fsp3) is 0.286. The van der Waals surface area contributed by atoms with Gasteiger partial charge in [-0.3, -0.25) is 4.79 Å². The molecule has 8 nitrogen and oxygen atoms in total. The quantitative estimate of drug-likeness (QED) is 0.575. The number of thioether (sulfide) groups is 1. The van der Waals surface area contributed by atoms with Crippen LogP contribution in [0.5, 0.6) is 17.2 Å². The molecule has 9 heteroatoms. The van der Waals surface area contributed by atoms with E-state index in [0.717, 1.165) is 17.1 Å². The van der Waals surface area contributed by atoms with Crippen LogP contribution in [0.15, 0.2) is 47.6 Å². The van der Waals surface area contributed by atoms with Gasteiger partial charge in [-0.1, -0.05) is 11.8 Å². The molecule has 2 heterocycles. The molecule has 0 aliphatic carbocycles. The third kappa shape index (κ3) is 4.06. The lowest BCUT2D eigenvalue weighted by Crippen LogP contribution is -2.22. The Hall–Kier alpha value is -3.20. The van der Waals surface area contributed by atoms with Gasteiger partial charge in [-0.05, 0) is 50.2 Å². The number of methoxy groups -OCH3 is 1. The average Bonchev–Trinajstić information content (AvgIpc) is 3.40. The second-order valence-electron chi connectivity index (χ2n) is 6.60. The van der Waals surface area contributed by atoms with Crippen LogP contribution >= 0.6 is 11.8 Å². The molecule has 0 saturated carbocycles. The van der Waals surface area contributed by atoms with Crippen LogP contribution in [0.25, 0.3) is 11.4 Å². The zero-order valence-electron chi connectivity index (χ0n) is 16.9. The molecule has 4 rings (SSSR count). The van der Waals surface area contributed by atoms with Crippen molar-refractivity contribution in [1.82, 2.24) is 14.8 Å². The fourth-order valence-electron chi connectivity index (χ4n) is 3.04. The monoisotopic (exact) mass is 426 g/mol. The van der Waals surface area contributed by atoms with Crippen LogP contribution in [0.4, 0.5) is 5.69 Å². The van der Waals surface area contributed by atoms with Crippen LogP contribution in [-0.4, -0.2) is 39.8 Å². The second-order valence-corrected chi connectivity index (χ2v) is 7.90. The Morgan fingerprint density at radius 3 is 2.70 bits per heavy atom. The van der Waals surface area contributed by atoms with Crippen molar-refractivity contribution >= 4 is 23.4 Å². The Bertz CT molecular complexity index is 1050. The summed E-state index contributed by atoms with van der Waals surface area (Å²) in [6.45, 7) is 4.75. The Balaban J connectivity index is 1.46. The van der Waals surface area contributed by atoms with E-state index in [-0.39, 0.29) is 18.0 Å². The molecule has 1 aliphatic rings. The van der Waals surface area contributed by atoms with Crippen LogP contribution < -0.4 is 19.5 Å². The average molecular weight is 426 g/mol. The smallest absolute Gasteiger partial charge is 0.237 e. The first-order chi connectivity index (χ1) is 14.6. The molecule has 1 atom stereocenters. The summed E-state index contributed by atoms with van der Waals surface area (Å²) in [6.07, 6.45) is 0. The van der Waals surface area contributed by atoms with Gasteiger partial charge >= 0.3 is 0 Å². The number of carbonyl (C=O) groups is 1. The van der Waals surface area contributed by atoms with E-state index in [1.54, 1.807) is 25.3 Å². The van der Waals surface area contributed by atoms with E-state index < -0.39 is 0 Å². The number of hydrogen-bond acceptors (Lipinski definition) is 7. The van der Waals surface area contributed by atoms with Crippen molar-refractivity contribution in [2.75, 3.05) is 19.2 Å². The molecular formula is C21H22N4O4S. The van der Waals surface area contributed by atoms with Crippen LogP contribution in [0.3, 0.4) is 0 Å². The van der Waals surface area contributed by atoms with Crippen LogP contribution in [-0.2, 0) is 11.3 Å². The highest BCUT2D eigenvalue weighted by Crippen LogP contribution is 2.34. The van der Waals surface area contributed by atoms with E-state index in [0.29, 0.717) is 28.9 Å². The highest BCUT2D eigenvalue weighted by atomic mass is 32.2. The van der Waals surface area contributed by atoms with Gasteiger partial charge in [0, 0.05) is 23.9 Å². The molecule has 0 saturated heterocycles. The van der Waals surface area contributed by atoms with E-state index >= 15 is 0 Å². The molecule has 0 bridgehead atoms. The van der Waals surface area contributed by atoms with Gasteiger partial charge in [0.25, 0.3) is 0 Å². The van der Waals surface area contributed by atoms with Gasteiger partial charge in [0.15, 0.2) is 22.5 Å². The van der Waals surface area contributed by atoms with E-state index in [2.05, 4.69) is 15.5 Å². The minimum atomic E-state index is -0.367. The molecule has 30 heavy (non-hydrogen) atoms. The lowest BCUT2D eigenvalue weighted by atomic mass is 10.2. The predicted molar refractivity (Wildman–Crippen MR) is 114 cm³/mol. The van der Waals surface area contributed by atoms with Gasteiger partial charge in [-0.15, -0.1) is 10.2 Å². The Morgan fingerprint density at radius 2 is 1.97 bits per heavy atom. The van der Waals surface area contributed by atoms with Crippen molar-refractivity contribution in [3.05, 3.63) is 42.5 Å². The van der Waals surface area contributed by atoms with Crippen molar-refractivity contribution in [2.24, 2.45) is 0 Å². The maximum Gasteiger partial charge on any atom is 0.237 e. The summed E-state index contributed by atoms with van der Waals surface area (Å²) in [5.41, 5.74) is 1.60. The Morgan fingerprint density at radius 1 is 1.20 bits per heavy atom. The third-order valence-electron chi connectivity index (χ3n) is 4.67. The summed E-state index contributed by atoms with van der Waals surface area (Å²) in [5.74, 6) is 2.71. The summed E-state index contributed by atoms with van der Waals surface area (Å²) in [5, 5.41) is 11.9. The van der Waals surface area contributed by atoms with Gasteiger partial charge in [0.05, 0.1) is 12.4 Å². The maximum absolute atomic E-state index is 12.7. The molecule has 1 aliphatic heterocycles. The molecule has 0 unspecified atom stereocenters. The molecule has 1 amide bonds. The number of carbonyl (C=O) groups excluding carboxylic acids is 1. The predicted octanol–water partition coefficient (Wildman–Crippen LogP) is 3.82. The summed E-state index contributed by atoms with van der Waals surface area (Å²) >= 11 is 1.37. The Labute approximate surface area is 178 Å². The van der Waals surface area contributed by atoms with Crippen LogP contribution in [0.2, 0.25) is 0 Å². The minimum Gasteiger partial charge on any atom is -0.497 e. The lowest BCUT2D eigenvalue weighted by molar-refractivity contribution is -0.115. The SMILES string of the molecule is CCn1c(S[C@H](C)C(=O)Nc2ccc3c(c2)OCO3)nnc1-c1ccc(OC)cc1. The molecule has 0 spiro atoms. The van der Waals surface area contributed by atoms with E-state index in [9.17, 15) is 4.79 Å². The van der Waals surface area contributed by atoms with E-state index in [4.69, 9.17) is 14.2 Å². The molecule has 1 aromatic heterocycles. The Kier molecular flexibility index (Phi) is 5.80. The molecule has 0 radical (unpaired) electrons. The summed E-state index contributed by atoms with van der Waals surface area (Å²) in [7, 11) is 1.63. The number of hydrogen-bond donors (Lipinski definition) is 1. The first kappa shape index (κ1) is 20.1. The maximum atomic E-state index is 12.7. The number of aromatic nitrogens is 3. The summed E-state index contributed by atoms with van der Waals surface area (Å²) < 4.78 is 17.9. The third-order valence-corrected chi connectivity index (χ3v) is 5.75. The first-order valence-electron chi connectivity index (χ1n) is 9.54. The highest BCUT2D eigenvalue weighted by Gasteiger charge is 2.21. The zero-order valence-corrected chi connectivity index (χ0v) is 17.7. The molecular weight excluding hydrogens is 404 g/mol. The van der Waals surface area contributed by atoms with Crippen molar-refractivity contribution < 1.29 is 19.0 Å². The molecule has 156 valence electrons. The van der Waals surface area contributed by atoms with Crippen molar-refractivity contribution in [3.63, 3.8) is 0 Å². The summed E-state index contributed by atoms with van der Waals surface area (Å²) in [4.78, 5) is 12.7. The van der Waals surface area contributed by atoms with Gasteiger partial charge in [-0.25, -0.2) is 0 Å². The number of anilines is 1. The van der Waals surface area contributed by atoms with E-state index in [1.165, 1.54) is 11.8 Å². The minimum absolute atomic E-state index is 0.129. The van der Waals surface area contributed by atoms with Gasteiger partial charge in [0.2, 0.25) is 12.7 Å². The molecule has 3 aromatic rings.